The predicted molar refractivity (Wildman–Crippen MR) is 85.1 cm³/mol. The third-order valence-corrected chi connectivity index (χ3v) is 3.35. The summed E-state index contributed by atoms with van der Waals surface area (Å²) < 4.78 is 0. The van der Waals surface area contributed by atoms with Crippen molar-refractivity contribution in [3.63, 3.8) is 0 Å². The van der Waals surface area contributed by atoms with Crippen LogP contribution < -0.4 is 20.8 Å². The molecule has 0 aliphatic rings. The molecule has 0 saturated heterocycles. The van der Waals surface area contributed by atoms with Crippen LogP contribution in [0.15, 0.2) is 18.2 Å². The average Bonchev–Trinajstić information content (AvgIpc) is 2.58. The monoisotopic (exact) mass is 322 g/mol. The number of hydroxylamine groups is 2. The van der Waals surface area contributed by atoms with Gasteiger partial charge in [-0.3, -0.25) is 14.4 Å². The van der Waals surface area contributed by atoms with Crippen LogP contribution in [0.3, 0.4) is 0 Å². The lowest BCUT2D eigenvalue weighted by molar-refractivity contribution is -0.137. The highest BCUT2D eigenvalue weighted by atomic mass is 16.7. The van der Waals surface area contributed by atoms with Gasteiger partial charge in [0.2, 0.25) is 5.91 Å². The predicted octanol–water partition coefficient (Wildman–Crippen LogP) is -0.234. The molecule has 0 radical (unpaired) electrons. The Labute approximate surface area is 135 Å². The van der Waals surface area contributed by atoms with Crippen LogP contribution in [-0.2, 0) is 4.79 Å². The summed E-state index contributed by atoms with van der Waals surface area (Å²) in [5.41, 5.74) is 0.532. The number of hydrogen-bond acceptors (Lipinski definition) is 5. The highest BCUT2D eigenvalue weighted by molar-refractivity contribution is 6.01. The quantitative estimate of drug-likeness (QED) is 0.628. The van der Waals surface area contributed by atoms with E-state index in [1.54, 1.807) is 20.0 Å². The Morgan fingerprint density at radius 3 is 2.17 bits per heavy atom. The first-order valence-corrected chi connectivity index (χ1v) is 7.06. The van der Waals surface area contributed by atoms with Crippen molar-refractivity contribution < 1.29 is 19.2 Å². The Kier molecular flexibility index (Phi) is 6.52. The lowest BCUT2D eigenvalue weighted by Gasteiger charge is -2.24. The Morgan fingerprint density at radius 2 is 1.65 bits per heavy atom. The van der Waals surface area contributed by atoms with Crippen LogP contribution in [0.2, 0.25) is 0 Å². The second-order valence-corrected chi connectivity index (χ2v) is 4.80. The molecular formula is C15H22N4O4. The van der Waals surface area contributed by atoms with Gasteiger partial charge in [0.25, 0.3) is 11.8 Å². The summed E-state index contributed by atoms with van der Waals surface area (Å²) in [5, 5.41) is 8.84. The fourth-order valence-corrected chi connectivity index (χ4v) is 1.82. The molecule has 8 nitrogen and oxygen atoms in total. The van der Waals surface area contributed by atoms with E-state index in [1.165, 1.54) is 38.3 Å². The number of benzene rings is 1. The summed E-state index contributed by atoms with van der Waals surface area (Å²) in [6, 6.07) is 3.93. The molecule has 1 aromatic rings. The number of hydrogen-bond donors (Lipinski definition) is 3. The normalized spacial score (nSPS) is 11.6. The van der Waals surface area contributed by atoms with Crippen LogP contribution in [0, 0.1) is 0 Å². The molecule has 0 aliphatic heterocycles. The molecule has 0 saturated carbocycles. The first-order valence-electron chi connectivity index (χ1n) is 7.06. The molecule has 8 heteroatoms. The Bertz CT molecular complexity index is 603. The second-order valence-electron chi connectivity index (χ2n) is 4.80. The molecule has 1 aromatic carbocycles. The van der Waals surface area contributed by atoms with Gasteiger partial charge < -0.3 is 20.8 Å². The standard InChI is InChI=1S/C15H22N4O4/c1-9(13(20)16-2)19(5)23-12-7-6-10(14(21)17-3)8-11(12)15(22)18-4/h6-9H,1-5H3,(H,16,20)(H,17,21)(H,18,22). The largest absolute Gasteiger partial charge is 0.405 e. The van der Waals surface area contributed by atoms with E-state index in [1.807, 2.05) is 0 Å². The molecule has 3 amide bonds. The van der Waals surface area contributed by atoms with Crippen LogP contribution in [0.5, 0.6) is 5.75 Å². The third kappa shape index (κ3) is 4.43. The molecule has 3 N–H and O–H groups in total. The summed E-state index contributed by atoms with van der Waals surface area (Å²) >= 11 is 0. The molecule has 0 aliphatic carbocycles. The number of rotatable bonds is 6. The smallest absolute Gasteiger partial charge is 0.254 e. The zero-order valence-corrected chi connectivity index (χ0v) is 13.9. The van der Waals surface area contributed by atoms with Crippen molar-refractivity contribution in [2.75, 3.05) is 28.2 Å². The van der Waals surface area contributed by atoms with Gasteiger partial charge in [-0.1, -0.05) is 0 Å². The van der Waals surface area contributed by atoms with Gasteiger partial charge in [-0.15, -0.1) is 5.06 Å². The highest BCUT2D eigenvalue weighted by Gasteiger charge is 2.21. The summed E-state index contributed by atoms with van der Waals surface area (Å²) in [4.78, 5) is 41.0. The van der Waals surface area contributed by atoms with Gasteiger partial charge in [-0.2, -0.15) is 0 Å². The van der Waals surface area contributed by atoms with E-state index in [9.17, 15) is 14.4 Å². The maximum atomic E-state index is 12.0. The molecule has 126 valence electrons. The number of nitrogens with zero attached hydrogens (tertiary/aromatic N) is 1. The number of carbonyl (C=O) groups is 3. The minimum Gasteiger partial charge on any atom is -0.405 e. The average molecular weight is 322 g/mol. The molecule has 1 unspecified atom stereocenters. The number of amides is 3. The van der Waals surface area contributed by atoms with Crippen molar-refractivity contribution in [1.82, 2.24) is 21.0 Å². The third-order valence-electron chi connectivity index (χ3n) is 3.35. The van der Waals surface area contributed by atoms with Crippen LogP contribution in [0.4, 0.5) is 0 Å². The first kappa shape index (κ1) is 18.4. The van der Waals surface area contributed by atoms with Crippen molar-refractivity contribution in [2.45, 2.75) is 13.0 Å². The van der Waals surface area contributed by atoms with Crippen LogP contribution >= 0.6 is 0 Å². The highest BCUT2D eigenvalue weighted by Crippen LogP contribution is 2.22. The van der Waals surface area contributed by atoms with Gasteiger partial charge in [0.05, 0.1) is 5.56 Å². The zero-order chi connectivity index (χ0) is 17.6. The number of carbonyl (C=O) groups excluding carboxylic acids is 3. The van der Waals surface area contributed by atoms with Crippen LogP contribution in [0.25, 0.3) is 0 Å². The molecular weight excluding hydrogens is 300 g/mol. The Hall–Kier alpha value is -2.61. The van der Waals surface area contributed by atoms with Gasteiger partial charge >= 0.3 is 0 Å². The van der Waals surface area contributed by atoms with Gasteiger partial charge in [-0.05, 0) is 25.1 Å². The van der Waals surface area contributed by atoms with Gasteiger partial charge in [-0.25, -0.2) is 0 Å². The van der Waals surface area contributed by atoms with E-state index >= 15 is 0 Å². The summed E-state index contributed by atoms with van der Waals surface area (Å²) in [7, 11) is 6.10. The molecule has 0 aromatic heterocycles. The molecule has 23 heavy (non-hydrogen) atoms. The molecule has 0 bridgehead atoms. The summed E-state index contributed by atoms with van der Waals surface area (Å²) in [5.74, 6) is -0.688. The van der Waals surface area contributed by atoms with Crippen molar-refractivity contribution in [2.24, 2.45) is 0 Å². The number of likely N-dealkylation sites (N-methyl/N-ethyl adjacent to an activating group) is 2. The van der Waals surface area contributed by atoms with E-state index in [0.29, 0.717) is 5.56 Å². The topological polar surface area (TPSA) is 99.8 Å². The molecule has 1 rings (SSSR count). The SMILES string of the molecule is CNC(=O)c1ccc(ON(C)C(C)C(=O)NC)c(C(=O)NC)c1. The van der Waals surface area contributed by atoms with E-state index in [-0.39, 0.29) is 23.1 Å². The lowest BCUT2D eigenvalue weighted by Crippen LogP contribution is -2.43. The van der Waals surface area contributed by atoms with E-state index in [2.05, 4.69) is 16.0 Å². The maximum absolute atomic E-state index is 12.0. The number of nitrogens with one attached hydrogen (secondary N) is 3. The van der Waals surface area contributed by atoms with E-state index in [0.717, 1.165) is 0 Å². The van der Waals surface area contributed by atoms with E-state index in [4.69, 9.17) is 4.84 Å². The molecule has 0 fully saturated rings. The van der Waals surface area contributed by atoms with Crippen molar-refractivity contribution in [1.29, 1.82) is 0 Å². The molecule has 1 atom stereocenters. The Morgan fingerprint density at radius 1 is 1.04 bits per heavy atom. The van der Waals surface area contributed by atoms with Crippen molar-refractivity contribution in [3.8, 4) is 5.75 Å². The fraction of sp³-hybridized carbons (Fsp3) is 0.400. The van der Waals surface area contributed by atoms with Gasteiger partial charge in [0, 0.05) is 33.8 Å². The molecule has 0 spiro atoms. The maximum Gasteiger partial charge on any atom is 0.254 e. The summed E-state index contributed by atoms with van der Waals surface area (Å²) in [6.45, 7) is 1.66. The van der Waals surface area contributed by atoms with Gasteiger partial charge in [0.1, 0.15) is 6.04 Å². The van der Waals surface area contributed by atoms with Gasteiger partial charge in [0.15, 0.2) is 5.75 Å². The van der Waals surface area contributed by atoms with Crippen LogP contribution in [-0.4, -0.2) is 57.0 Å². The summed E-state index contributed by atoms with van der Waals surface area (Å²) in [6.07, 6.45) is 0. The fourth-order valence-electron chi connectivity index (χ4n) is 1.82. The molecule has 0 heterocycles. The van der Waals surface area contributed by atoms with Crippen molar-refractivity contribution >= 4 is 17.7 Å². The first-order chi connectivity index (χ1) is 10.8. The minimum absolute atomic E-state index is 0.199. The minimum atomic E-state index is -0.559. The second kappa shape index (κ2) is 8.14. The Balaban J connectivity index is 3.12. The lowest BCUT2D eigenvalue weighted by atomic mass is 10.1. The zero-order valence-electron chi connectivity index (χ0n) is 13.9. The van der Waals surface area contributed by atoms with Crippen molar-refractivity contribution in [3.05, 3.63) is 29.3 Å². The van der Waals surface area contributed by atoms with Crippen LogP contribution in [0.1, 0.15) is 27.6 Å². The van der Waals surface area contributed by atoms with E-state index < -0.39 is 11.9 Å².